The Labute approximate surface area is 240 Å². The Bertz CT molecular complexity index is 913. The number of cyclic esters (lactones) is 1. The van der Waals surface area contributed by atoms with Crippen LogP contribution in [-0.2, 0) is 33.0 Å². The highest BCUT2D eigenvalue weighted by Crippen LogP contribution is 2.49. The zero-order valence-corrected chi connectivity index (χ0v) is 26.8. The van der Waals surface area contributed by atoms with Crippen LogP contribution in [-0.4, -0.2) is 56.5 Å². The lowest BCUT2D eigenvalue weighted by Crippen LogP contribution is -2.49. The van der Waals surface area contributed by atoms with E-state index < -0.39 is 14.4 Å². The fourth-order valence-electron chi connectivity index (χ4n) is 6.05. The second kappa shape index (κ2) is 13.1. The van der Waals surface area contributed by atoms with E-state index in [1.807, 2.05) is 19.9 Å². The van der Waals surface area contributed by atoms with Gasteiger partial charge in [0.15, 0.2) is 8.32 Å². The first-order valence-corrected chi connectivity index (χ1v) is 18.1. The molecule has 9 atom stereocenters. The molecular formula is C30H49ClO7Si. The standard InChI is InChI=1S/C30H49ClO7Si/c1-9-18(2)29(34)37-25-13-12-24(31)23-16-26(35-17-32)19(3)22(28(23)25)11-10-20-14-21(15-27(33)36-20)38-39(7,8)30(4,5)6/h16-22,24-26,28H,9-15H2,1-8H3/t18-,19+,20?,21+,22-,24-,25?,26+,28+/m0/s1. The molecule has 2 fully saturated rings. The Morgan fingerprint density at radius 2 is 1.95 bits per heavy atom. The fourth-order valence-corrected chi connectivity index (χ4v) is 7.76. The first kappa shape index (κ1) is 32.1. The van der Waals surface area contributed by atoms with Crippen molar-refractivity contribution in [2.75, 3.05) is 0 Å². The highest BCUT2D eigenvalue weighted by atomic mass is 35.5. The molecule has 2 unspecified atom stereocenters. The van der Waals surface area contributed by atoms with Gasteiger partial charge in [0.05, 0.1) is 23.8 Å². The van der Waals surface area contributed by atoms with E-state index in [9.17, 15) is 14.4 Å². The summed E-state index contributed by atoms with van der Waals surface area (Å²) in [6.07, 6.45) is 5.38. The molecule has 0 aromatic rings. The number of fused-ring (bicyclic) bond motifs is 1. The summed E-state index contributed by atoms with van der Waals surface area (Å²) in [5.74, 6) is -0.584. The summed E-state index contributed by atoms with van der Waals surface area (Å²) in [6.45, 7) is 17.5. The summed E-state index contributed by atoms with van der Waals surface area (Å²) in [5.41, 5.74) is 1.000. The molecule has 3 aliphatic rings. The van der Waals surface area contributed by atoms with E-state index in [4.69, 9.17) is 30.2 Å². The van der Waals surface area contributed by atoms with Gasteiger partial charge in [0.2, 0.25) is 0 Å². The van der Waals surface area contributed by atoms with Crippen LogP contribution >= 0.6 is 11.6 Å². The predicted octanol–water partition coefficient (Wildman–Crippen LogP) is 6.57. The van der Waals surface area contributed by atoms with Crippen molar-refractivity contribution in [3.8, 4) is 0 Å². The van der Waals surface area contributed by atoms with E-state index in [2.05, 4.69) is 40.8 Å². The molecule has 0 bridgehead atoms. The number of ether oxygens (including phenoxy) is 3. The topological polar surface area (TPSA) is 88.1 Å². The minimum absolute atomic E-state index is 0.00529. The van der Waals surface area contributed by atoms with E-state index in [1.165, 1.54) is 0 Å². The van der Waals surface area contributed by atoms with Crippen LogP contribution in [0.4, 0.5) is 0 Å². The Morgan fingerprint density at radius 3 is 2.56 bits per heavy atom. The Morgan fingerprint density at radius 1 is 1.26 bits per heavy atom. The molecule has 0 amide bonds. The average Bonchev–Trinajstić information content (AvgIpc) is 2.84. The van der Waals surface area contributed by atoms with Crippen LogP contribution in [0.15, 0.2) is 11.6 Å². The van der Waals surface area contributed by atoms with Crippen molar-refractivity contribution in [2.24, 2.45) is 23.7 Å². The van der Waals surface area contributed by atoms with Crippen LogP contribution in [0.1, 0.15) is 86.5 Å². The molecule has 0 N–H and O–H groups in total. The quantitative estimate of drug-likeness (QED) is 0.0716. The third-order valence-corrected chi connectivity index (χ3v) is 14.7. The van der Waals surface area contributed by atoms with Crippen LogP contribution in [0.3, 0.4) is 0 Å². The summed E-state index contributed by atoms with van der Waals surface area (Å²) in [4.78, 5) is 36.7. The average molecular weight is 585 g/mol. The van der Waals surface area contributed by atoms with Crippen LogP contribution in [0.5, 0.6) is 0 Å². The number of rotatable bonds is 10. The summed E-state index contributed by atoms with van der Waals surface area (Å²) in [5, 5.41) is -0.144. The second-order valence-electron chi connectivity index (χ2n) is 13.4. The normalized spacial score (nSPS) is 34.3. The van der Waals surface area contributed by atoms with Gasteiger partial charge in [-0.25, -0.2) is 0 Å². The molecule has 9 heteroatoms. The number of carbonyl (C=O) groups excluding carboxylic acids is 3. The van der Waals surface area contributed by atoms with Gasteiger partial charge in [0, 0.05) is 18.3 Å². The number of halogens is 1. The van der Waals surface area contributed by atoms with Crippen molar-refractivity contribution >= 4 is 38.3 Å². The maximum absolute atomic E-state index is 12.8. The zero-order valence-electron chi connectivity index (χ0n) is 25.0. The van der Waals surface area contributed by atoms with Crippen molar-refractivity contribution in [3.63, 3.8) is 0 Å². The Kier molecular flexibility index (Phi) is 10.8. The minimum atomic E-state index is -2.03. The number of hydrogen-bond acceptors (Lipinski definition) is 7. The van der Waals surface area contributed by atoms with Gasteiger partial charge in [-0.05, 0) is 67.8 Å². The molecule has 1 aliphatic heterocycles. The van der Waals surface area contributed by atoms with Crippen LogP contribution in [0.25, 0.3) is 0 Å². The zero-order chi connectivity index (χ0) is 29.1. The van der Waals surface area contributed by atoms with E-state index in [0.717, 1.165) is 18.4 Å². The number of carbonyl (C=O) groups is 3. The van der Waals surface area contributed by atoms with Crippen LogP contribution in [0, 0.1) is 23.7 Å². The largest absolute Gasteiger partial charge is 0.462 e. The van der Waals surface area contributed by atoms with E-state index in [0.29, 0.717) is 32.2 Å². The first-order valence-electron chi connectivity index (χ1n) is 14.7. The van der Waals surface area contributed by atoms with Crippen molar-refractivity contribution in [1.82, 2.24) is 0 Å². The van der Waals surface area contributed by atoms with Crippen molar-refractivity contribution in [3.05, 3.63) is 11.6 Å². The number of hydrogen-bond donors (Lipinski definition) is 0. The second-order valence-corrected chi connectivity index (χ2v) is 18.7. The van der Waals surface area contributed by atoms with Gasteiger partial charge >= 0.3 is 11.9 Å². The Hall–Kier alpha value is -1.38. The molecule has 0 aromatic heterocycles. The van der Waals surface area contributed by atoms with Gasteiger partial charge < -0.3 is 18.6 Å². The third kappa shape index (κ3) is 7.67. The van der Waals surface area contributed by atoms with Crippen LogP contribution < -0.4 is 0 Å². The van der Waals surface area contributed by atoms with E-state index in [1.54, 1.807) is 0 Å². The summed E-state index contributed by atoms with van der Waals surface area (Å²) < 4.78 is 24.0. The monoisotopic (exact) mass is 584 g/mol. The molecule has 1 heterocycles. The van der Waals surface area contributed by atoms with Gasteiger partial charge in [-0.1, -0.05) is 41.5 Å². The van der Waals surface area contributed by atoms with Gasteiger partial charge in [0.1, 0.15) is 18.3 Å². The summed E-state index contributed by atoms with van der Waals surface area (Å²) in [7, 11) is -2.03. The SMILES string of the molecule is CC[C@H](C)C(=O)OC1CC[C@H](Cl)C2=C[C@@H](OC=O)[C@H](C)[C@H](CCC3C[C@@H](O[Si](C)(C)C(C)(C)C)CC(=O)O3)[C@H]21. The van der Waals surface area contributed by atoms with Gasteiger partial charge in [-0.2, -0.15) is 0 Å². The predicted molar refractivity (Wildman–Crippen MR) is 154 cm³/mol. The molecule has 222 valence electrons. The van der Waals surface area contributed by atoms with Crippen molar-refractivity contribution in [1.29, 1.82) is 0 Å². The van der Waals surface area contributed by atoms with Gasteiger partial charge in [-0.3, -0.25) is 14.4 Å². The lowest BCUT2D eigenvalue weighted by atomic mass is 9.63. The molecule has 3 rings (SSSR count). The summed E-state index contributed by atoms with van der Waals surface area (Å²) in [6, 6.07) is 0. The molecule has 0 spiro atoms. The maximum atomic E-state index is 12.8. The molecular weight excluding hydrogens is 536 g/mol. The summed E-state index contributed by atoms with van der Waals surface area (Å²) >= 11 is 6.81. The Balaban J connectivity index is 1.80. The third-order valence-electron chi connectivity index (χ3n) is 9.67. The maximum Gasteiger partial charge on any atom is 0.308 e. The lowest BCUT2D eigenvalue weighted by molar-refractivity contribution is -0.163. The van der Waals surface area contributed by atoms with E-state index in [-0.39, 0.29) is 70.8 Å². The molecule has 7 nitrogen and oxygen atoms in total. The van der Waals surface area contributed by atoms with E-state index >= 15 is 0 Å². The fraction of sp³-hybridized carbons (Fsp3) is 0.833. The lowest BCUT2D eigenvalue weighted by Gasteiger charge is -2.47. The highest BCUT2D eigenvalue weighted by molar-refractivity contribution is 6.74. The van der Waals surface area contributed by atoms with Crippen LogP contribution in [0.2, 0.25) is 18.1 Å². The van der Waals surface area contributed by atoms with Crippen molar-refractivity contribution < 1.29 is 33.0 Å². The minimum Gasteiger partial charge on any atom is -0.462 e. The highest BCUT2D eigenvalue weighted by Gasteiger charge is 2.48. The van der Waals surface area contributed by atoms with Gasteiger partial charge in [0.25, 0.3) is 6.47 Å². The molecule has 0 radical (unpaired) electrons. The first-order chi connectivity index (χ1) is 18.2. The molecule has 1 saturated heterocycles. The number of alkyl halides is 1. The molecule has 0 aromatic carbocycles. The smallest absolute Gasteiger partial charge is 0.308 e. The van der Waals surface area contributed by atoms with Crippen molar-refractivity contribution in [2.45, 2.75) is 134 Å². The number of esters is 2. The molecule has 1 saturated carbocycles. The molecule has 39 heavy (non-hydrogen) atoms. The molecule has 2 aliphatic carbocycles. The van der Waals surface area contributed by atoms with Gasteiger partial charge in [-0.15, -0.1) is 11.6 Å².